The maximum atomic E-state index is 13.5. The summed E-state index contributed by atoms with van der Waals surface area (Å²) in [5.74, 6) is -0.153. The molecule has 0 atom stereocenters. The van der Waals surface area contributed by atoms with Crippen LogP contribution < -0.4 is 5.73 Å². The van der Waals surface area contributed by atoms with Crippen molar-refractivity contribution >= 4 is 21.8 Å². The van der Waals surface area contributed by atoms with E-state index >= 15 is 0 Å². The molecular formula is C16H12BrFN2O. The van der Waals surface area contributed by atoms with Gasteiger partial charge < -0.3 is 10.3 Å². The highest BCUT2D eigenvalue weighted by Gasteiger charge is 2.19. The summed E-state index contributed by atoms with van der Waals surface area (Å²) in [4.78, 5) is 0. The summed E-state index contributed by atoms with van der Waals surface area (Å²) in [6.45, 7) is 1.97. The van der Waals surface area contributed by atoms with Crippen LogP contribution in [0.1, 0.15) is 5.56 Å². The molecule has 0 amide bonds. The SMILES string of the molecule is Cc1c(Br)cccc1-c1noc(N)c1-c1cccc(F)c1. The van der Waals surface area contributed by atoms with Gasteiger partial charge in [-0.15, -0.1) is 0 Å². The van der Waals surface area contributed by atoms with Crippen molar-refractivity contribution in [2.75, 3.05) is 5.73 Å². The van der Waals surface area contributed by atoms with E-state index in [0.717, 1.165) is 15.6 Å². The standard InChI is InChI=1S/C16H12BrFN2O/c1-9-12(6-3-7-13(9)17)15-14(16(19)21-20-15)10-4-2-5-11(18)8-10/h2-8H,19H2,1H3. The maximum absolute atomic E-state index is 13.5. The van der Waals surface area contributed by atoms with Gasteiger partial charge in [-0.25, -0.2) is 4.39 Å². The van der Waals surface area contributed by atoms with Crippen LogP contribution in [0, 0.1) is 12.7 Å². The molecule has 0 aliphatic rings. The molecule has 3 aromatic rings. The van der Waals surface area contributed by atoms with Gasteiger partial charge in [-0.3, -0.25) is 0 Å². The van der Waals surface area contributed by atoms with E-state index < -0.39 is 0 Å². The van der Waals surface area contributed by atoms with Crippen LogP contribution in [0.2, 0.25) is 0 Å². The Hall–Kier alpha value is -2.14. The molecule has 5 heteroatoms. The van der Waals surface area contributed by atoms with Crippen molar-refractivity contribution in [3.05, 3.63) is 58.3 Å². The Morgan fingerprint density at radius 2 is 1.95 bits per heavy atom. The number of rotatable bonds is 2. The van der Waals surface area contributed by atoms with Gasteiger partial charge in [0.15, 0.2) is 0 Å². The Labute approximate surface area is 129 Å². The van der Waals surface area contributed by atoms with E-state index in [1.807, 2.05) is 25.1 Å². The smallest absolute Gasteiger partial charge is 0.230 e. The Morgan fingerprint density at radius 1 is 1.19 bits per heavy atom. The lowest BCUT2D eigenvalue weighted by Gasteiger charge is -2.07. The van der Waals surface area contributed by atoms with Crippen molar-refractivity contribution in [3.8, 4) is 22.4 Å². The predicted molar refractivity (Wildman–Crippen MR) is 84.2 cm³/mol. The lowest BCUT2D eigenvalue weighted by Crippen LogP contribution is -1.90. The summed E-state index contributed by atoms with van der Waals surface area (Å²) in [5.41, 5.74) is 9.65. The van der Waals surface area contributed by atoms with Crippen molar-refractivity contribution in [3.63, 3.8) is 0 Å². The number of nitrogens with two attached hydrogens (primary N) is 1. The molecule has 21 heavy (non-hydrogen) atoms. The van der Waals surface area contributed by atoms with Crippen molar-refractivity contribution in [1.29, 1.82) is 0 Å². The van der Waals surface area contributed by atoms with Crippen LogP contribution in [0.5, 0.6) is 0 Å². The van der Waals surface area contributed by atoms with Gasteiger partial charge in [-0.2, -0.15) is 0 Å². The summed E-state index contributed by atoms with van der Waals surface area (Å²) >= 11 is 3.49. The van der Waals surface area contributed by atoms with Crippen LogP contribution in [0.15, 0.2) is 51.5 Å². The second-order valence-electron chi connectivity index (χ2n) is 4.69. The molecule has 3 nitrogen and oxygen atoms in total. The molecule has 106 valence electrons. The molecule has 0 aliphatic carbocycles. The molecule has 0 unspecified atom stereocenters. The van der Waals surface area contributed by atoms with Gasteiger partial charge >= 0.3 is 0 Å². The zero-order valence-electron chi connectivity index (χ0n) is 11.2. The van der Waals surface area contributed by atoms with E-state index in [-0.39, 0.29) is 11.7 Å². The summed E-state index contributed by atoms with van der Waals surface area (Å²) in [7, 11) is 0. The first kappa shape index (κ1) is 13.8. The molecule has 0 radical (unpaired) electrons. The average Bonchev–Trinajstić information content (AvgIpc) is 2.83. The van der Waals surface area contributed by atoms with Gasteiger partial charge in [-0.1, -0.05) is 45.4 Å². The number of nitrogen functional groups attached to an aromatic ring is 1. The van der Waals surface area contributed by atoms with Gasteiger partial charge in [-0.05, 0) is 36.2 Å². The molecule has 2 N–H and O–H groups in total. The van der Waals surface area contributed by atoms with E-state index in [2.05, 4.69) is 21.1 Å². The van der Waals surface area contributed by atoms with E-state index in [9.17, 15) is 4.39 Å². The molecule has 1 aromatic heterocycles. The third-order valence-corrected chi connectivity index (χ3v) is 4.21. The molecule has 2 aromatic carbocycles. The lowest BCUT2D eigenvalue weighted by atomic mass is 9.98. The number of hydrogen-bond acceptors (Lipinski definition) is 3. The minimum absolute atomic E-state index is 0.176. The molecule has 0 spiro atoms. The van der Waals surface area contributed by atoms with Gasteiger partial charge in [0.05, 0.1) is 5.56 Å². The number of hydrogen-bond donors (Lipinski definition) is 1. The highest BCUT2D eigenvalue weighted by atomic mass is 79.9. The molecule has 3 rings (SSSR count). The first-order chi connectivity index (χ1) is 10.1. The zero-order chi connectivity index (χ0) is 15.0. The van der Waals surface area contributed by atoms with Gasteiger partial charge in [0.25, 0.3) is 0 Å². The highest BCUT2D eigenvalue weighted by molar-refractivity contribution is 9.10. The van der Waals surface area contributed by atoms with Crippen molar-refractivity contribution < 1.29 is 8.91 Å². The summed E-state index contributed by atoms with van der Waals surface area (Å²) in [5, 5.41) is 4.05. The van der Waals surface area contributed by atoms with Crippen LogP contribution >= 0.6 is 15.9 Å². The number of halogens is 2. The van der Waals surface area contributed by atoms with Crippen molar-refractivity contribution in [1.82, 2.24) is 5.16 Å². The molecule has 0 saturated heterocycles. The molecule has 0 aliphatic heterocycles. The molecule has 1 heterocycles. The van der Waals surface area contributed by atoms with Crippen LogP contribution in [0.25, 0.3) is 22.4 Å². The number of nitrogens with zero attached hydrogens (tertiary/aromatic N) is 1. The first-order valence-corrected chi connectivity index (χ1v) is 7.14. The van der Waals surface area contributed by atoms with E-state index in [4.69, 9.17) is 10.3 Å². The van der Waals surface area contributed by atoms with Crippen molar-refractivity contribution in [2.24, 2.45) is 0 Å². The van der Waals surface area contributed by atoms with Crippen molar-refractivity contribution in [2.45, 2.75) is 6.92 Å². The highest BCUT2D eigenvalue weighted by Crippen LogP contribution is 2.38. The predicted octanol–water partition coefficient (Wildman–Crippen LogP) is 4.80. The minimum atomic E-state index is -0.329. The third-order valence-electron chi connectivity index (χ3n) is 3.35. The number of benzene rings is 2. The monoisotopic (exact) mass is 346 g/mol. The van der Waals surface area contributed by atoms with Gasteiger partial charge in [0.1, 0.15) is 11.5 Å². The number of aromatic nitrogens is 1. The van der Waals surface area contributed by atoms with E-state index in [1.54, 1.807) is 12.1 Å². The van der Waals surface area contributed by atoms with E-state index in [1.165, 1.54) is 12.1 Å². The minimum Gasteiger partial charge on any atom is -0.367 e. The lowest BCUT2D eigenvalue weighted by molar-refractivity contribution is 0.439. The fraction of sp³-hybridized carbons (Fsp3) is 0.0625. The van der Waals surface area contributed by atoms with Crippen LogP contribution in [-0.2, 0) is 0 Å². The fourth-order valence-electron chi connectivity index (χ4n) is 2.27. The third kappa shape index (κ3) is 2.45. The molecule has 0 saturated carbocycles. The summed E-state index contributed by atoms with van der Waals surface area (Å²) < 4.78 is 19.6. The Kier molecular flexibility index (Phi) is 3.51. The van der Waals surface area contributed by atoms with Crippen LogP contribution in [-0.4, -0.2) is 5.16 Å². The molecule has 0 bridgehead atoms. The first-order valence-electron chi connectivity index (χ1n) is 6.34. The Bertz CT molecular complexity index is 814. The normalized spacial score (nSPS) is 10.8. The Balaban J connectivity index is 2.24. The second-order valence-corrected chi connectivity index (χ2v) is 5.55. The zero-order valence-corrected chi connectivity index (χ0v) is 12.8. The Morgan fingerprint density at radius 3 is 2.71 bits per heavy atom. The second kappa shape index (κ2) is 5.33. The summed E-state index contributed by atoms with van der Waals surface area (Å²) in [6.07, 6.45) is 0. The molecule has 0 fully saturated rings. The van der Waals surface area contributed by atoms with E-state index in [0.29, 0.717) is 16.8 Å². The average molecular weight is 347 g/mol. The number of anilines is 1. The molecular weight excluding hydrogens is 335 g/mol. The van der Waals surface area contributed by atoms with Gasteiger partial charge in [0.2, 0.25) is 5.88 Å². The van der Waals surface area contributed by atoms with Crippen LogP contribution in [0.3, 0.4) is 0 Å². The topological polar surface area (TPSA) is 52.0 Å². The van der Waals surface area contributed by atoms with Gasteiger partial charge in [0, 0.05) is 10.0 Å². The largest absolute Gasteiger partial charge is 0.367 e. The fourth-order valence-corrected chi connectivity index (χ4v) is 2.64. The maximum Gasteiger partial charge on any atom is 0.230 e. The summed E-state index contributed by atoms with van der Waals surface area (Å²) in [6, 6.07) is 12.0. The van der Waals surface area contributed by atoms with Crippen LogP contribution in [0.4, 0.5) is 10.3 Å². The quantitative estimate of drug-likeness (QED) is 0.724.